The highest BCUT2D eigenvalue weighted by atomic mass is 32.2. The Morgan fingerprint density at radius 3 is 2.61 bits per heavy atom. The lowest BCUT2D eigenvalue weighted by Crippen LogP contribution is -2.36. The zero-order valence-corrected chi connectivity index (χ0v) is 18.3. The van der Waals surface area contributed by atoms with Gasteiger partial charge in [-0.1, -0.05) is 26.0 Å². The summed E-state index contributed by atoms with van der Waals surface area (Å²) in [6.45, 7) is 8.01. The highest BCUT2D eigenvalue weighted by molar-refractivity contribution is 7.87. The van der Waals surface area contributed by atoms with Gasteiger partial charge in [0.25, 0.3) is 10.2 Å². The van der Waals surface area contributed by atoms with Crippen molar-refractivity contribution in [1.82, 2.24) is 18.9 Å². The van der Waals surface area contributed by atoms with Gasteiger partial charge in [-0.15, -0.1) is 0 Å². The predicted octanol–water partition coefficient (Wildman–Crippen LogP) is 2.70. The molecule has 1 aromatic carbocycles. The molecule has 0 saturated carbocycles. The largest absolute Gasteiger partial charge is 0.347 e. The maximum absolute atomic E-state index is 12.0. The van der Waals surface area contributed by atoms with Crippen LogP contribution < -0.4 is 10.0 Å². The van der Waals surface area contributed by atoms with Crippen molar-refractivity contribution in [2.24, 2.45) is 5.92 Å². The number of fused-ring (bicyclic) bond motifs is 1. The lowest BCUT2D eigenvalue weighted by molar-refractivity contribution is 0.460. The number of rotatable bonds is 8. The molecule has 0 unspecified atom stereocenters. The number of piperidine rings is 1. The third-order valence-electron chi connectivity index (χ3n) is 5.52. The summed E-state index contributed by atoms with van der Waals surface area (Å²) in [6.07, 6.45) is 5.27. The summed E-state index contributed by atoms with van der Waals surface area (Å²) >= 11 is 0. The number of hydrogen-bond acceptors (Lipinski definition) is 3. The fraction of sp³-hybridized carbons (Fsp3) is 0.619. The molecule has 1 fully saturated rings. The van der Waals surface area contributed by atoms with E-state index >= 15 is 0 Å². The molecule has 0 aliphatic carbocycles. The zero-order chi connectivity index (χ0) is 20.3. The molecule has 1 aliphatic rings. The lowest BCUT2D eigenvalue weighted by Gasteiger charge is -2.23. The number of nitrogens with one attached hydrogen (secondary N) is 2. The molecule has 0 bridgehead atoms. The molecular weight excluding hydrogens is 372 g/mol. The first-order valence-electron chi connectivity index (χ1n) is 10.3. The molecule has 2 heterocycles. The van der Waals surface area contributed by atoms with Gasteiger partial charge in [0, 0.05) is 44.3 Å². The highest BCUT2D eigenvalue weighted by Crippen LogP contribution is 2.30. The topological polar surface area (TPSA) is 66.4 Å². The van der Waals surface area contributed by atoms with E-state index in [9.17, 15) is 8.42 Å². The van der Waals surface area contributed by atoms with E-state index < -0.39 is 10.2 Å². The van der Waals surface area contributed by atoms with Crippen molar-refractivity contribution >= 4 is 21.1 Å². The van der Waals surface area contributed by atoms with Gasteiger partial charge >= 0.3 is 0 Å². The molecule has 6 nitrogen and oxygen atoms in total. The van der Waals surface area contributed by atoms with Crippen LogP contribution in [0.15, 0.2) is 24.4 Å². The molecule has 1 saturated heterocycles. The van der Waals surface area contributed by atoms with Crippen molar-refractivity contribution < 1.29 is 8.42 Å². The van der Waals surface area contributed by atoms with E-state index in [-0.39, 0.29) is 0 Å². The first-order valence-corrected chi connectivity index (χ1v) is 11.7. The van der Waals surface area contributed by atoms with Crippen LogP contribution >= 0.6 is 0 Å². The summed E-state index contributed by atoms with van der Waals surface area (Å²) in [5.41, 5.74) is 3.90. The van der Waals surface area contributed by atoms with E-state index in [2.05, 4.69) is 52.8 Å². The van der Waals surface area contributed by atoms with E-state index in [1.165, 1.54) is 39.2 Å². The maximum atomic E-state index is 12.0. The van der Waals surface area contributed by atoms with Crippen molar-refractivity contribution in [2.75, 3.05) is 33.7 Å². The van der Waals surface area contributed by atoms with E-state index in [0.717, 1.165) is 19.6 Å². The number of benzene rings is 1. The molecule has 156 valence electrons. The quantitative estimate of drug-likeness (QED) is 0.708. The van der Waals surface area contributed by atoms with Crippen LogP contribution in [0.25, 0.3) is 10.9 Å². The summed E-state index contributed by atoms with van der Waals surface area (Å²) in [5.74, 6) is 1.18. The molecule has 1 aromatic heterocycles. The zero-order valence-electron chi connectivity index (χ0n) is 17.5. The molecule has 2 N–H and O–H groups in total. The van der Waals surface area contributed by atoms with Crippen LogP contribution in [0, 0.1) is 5.92 Å². The summed E-state index contributed by atoms with van der Waals surface area (Å²) < 4.78 is 30.1. The average Bonchev–Trinajstić information content (AvgIpc) is 2.98. The summed E-state index contributed by atoms with van der Waals surface area (Å²) in [7, 11) is -0.303. The first-order chi connectivity index (χ1) is 13.3. The second-order valence-electron chi connectivity index (χ2n) is 8.43. The summed E-state index contributed by atoms with van der Waals surface area (Å²) in [6, 6.07) is 6.87. The first kappa shape index (κ1) is 21.3. The Hall–Kier alpha value is -1.41. The van der Waals surface area contributed by atoms with Gasteiger partial charge in [0.15, 0.2) is 0 Å². The Morgan fingerprint density at radius 2 is 1.96 bits per heavy atom. The van der Waals surface area contributed by atoms with E-state index in [1.54, 1.807) is 14.1 Å². The predicted molar refractivity (Wildman–Crippen MR) is 116 cm³/mol. The smallest absolute Gasteiger partial charge is 0.278 e. The molecule has 28 heavy (non-hydrogen) atoms. The van der Waals surface area contributed by atoms with Crippen LogP contribution in [0.3, 0.4) is 0 Å². The second kappa shape index (κ2) is 8.95. The maximum Gasteiger partial charge on any atom is 0.278 e. The molecule has 2 aromatic rings. The minimum absolute atomic E-state index is 0.400. The van der Waals surface area contributed by atoms with Crippen molar-refractivity contribution in [2.45, 2.75) is 45.6 Å². The fourth-order valence-corrected chi connectivity index (χ4v) is 4.60. The van der Waals surface area contributed by atoms with Gasteiger partial charge < -0.3 is 9.88 Å². The number of hydrogen-bond donors (Lipinski definition) is 2. The van der Waals surface area contributed by atoms with Crippen molar-refractivity contribution in [1.29, 1.82) is 0 Å². The average molecular weight is 407 g/mol. The minimum Gasteiger partial charge on any atom is -0.347 e. The molecule has 0 atom stereocenters. The molecule has 0 amide bonds. The Labute approximate surface area is 169 Å². The highest BCUT2D eigenvalue weighted by Gasteiger charge is 2.18. The van der Waals surface area contributed by atoms with E-state index in [4.69, 9.17) is 0 Å². The van der Waals surface area contributed by atoms with Crippen molar-refractivity contribution in [3.05, 3.63) is 35.5 Å². The third kappa shape index (κ3) is 4.95. The van der Waals surface area contributed by atoms with Gasteiger partial charge in [0.1, 0.15) is 0 Å². The van der Waals surface area contributed by atoms with Gasteiger partial charge in [-0.05, 0) is 61.4 Å². The normalized spacial score (nSPS) is 16.5. The van der Waals surface area contributed by atoms with E-state index in [1.807, 2.05) is 0 Å². The van der Waals surface area contributed by atoms with Gasteiger partial charge in [0.2, 0.25) is 0 Å². The minimum atomic E-state index is -3.38. The Morgan fingerprint density at radius 1 is 1.25 bits per heavy atom. The van der Waals surface area contributed by atoms with Gasteiger partial charge in [-0.2, -0.15) is 12.7 Å². The fourth-order valence-electron chi connectivity index (χ4n) is 3.98. The van der Waals surface area contributed by atoms with Crippen LogP contribution in [-0.4, -0.2) is 51.0 Å². The molecule has 0 spiro atoms. The molecule has 7 heteroatoms. The lowest BCUT2D eigenvalue weighted by atomic mass is 9.89. The Bertz CT molecular complexity index is 897. The SMILES string of the molecule is CC(C)Cn1cc(CCNS(=O)(=O)N(C)C)c2ccc(C3CCNCC3)cc21. The van der Waals surface area contributed by atoms with Gasteiger partial charge in [-0.3, -0.25) is 0 Å². The van der Waals surface area contributed by atoms with Crippen molar-refractivity contribution in [3.63, 3.8) is 0 Å². The molecule has 0 radical (unpaired) electrons. The Balaban J connectivity index is 1.86. The summed E-state index contributed by atoms with van der Waals surface area (Å²) in [5, 5.41) is 4.68. The van der Waals surface area contributed by atoms with Crippen LogP contribution in [0.4, 0.5) is 0 Å². The molecule has 1 aliphatic heterocycles. The van der Waals surface area contributed by atoms with Crippen molar-refractivity contribution in [3.8, 4) is 0 Å². The van der Waals surface area contributed by atoms with Crippen LogP contribution in [0.5, 0.6) is 0 Å². The number of nitrogens with zero attached hydrogens (tertiary/aromatic N) is 2. The monoisotopic (exact) mass is 406 g/mol. The molecule has 3 rings (SSSR count). The van der Waals surface area contributed by atoms with Crippen LogP contribution in [0.2, 0.25) is 0 Å². The standard InChI is InChI=1S/C21H34N4O2S/c1-16(2)14-25-15-19(9-12-23-28(26,27)24(3)4)20-6-5-18(13-21(20)25)17-7-10-22-11-8-17/h5-6,13,15-17,22-23H,7-12,14H2,1-4H3. The second-order valence-corrected chi connectivity index (χ2v) is 10.4. The number of aromatic nitrogens is 1. The van der Waals surface area contributed by atoms with Gasteiger partial charge in [-0.25, -0.2) is 4.72 Å². The van der Waals surface area contributed by atoms with Crippen LogP contribution in [0.1, 0.15) is 43.7 Å². The van der Waals surface area contributed by atoms with Gasteiger partial charge in [0.05, 0.1) is 0 Å². The molecular formula is C21H34N4O2S. The Kier molecular flexibility index (Phi) is 6.81. The summed E-state index contributed by atoms with van der Waals surface area (Å²) in [4.78, 5) is 0. The third-order valence-corrected chi connectivity index (χ3v) is 7.05. The van der Waals surface area contributed by atoms with Crippen LogP contribution in [-0.2, 0) is 23.2 Å². The van der Waals surface area contributed by atoms with E-state index in [0.29, 0.717) is 24.8 Å².